The number of benzene rings is 3. The first kappa shape index (κ1) is 20.7. The van der Waals surface area contributed by atoms with Crippen LogP contribution in [0, 0.1) is 0 Å². The SMILES string of the molecule is CCN(CCCNC(=O)Cn1c2ccccc2c(=O)c2ccccc21)c1ccccc1. The lowest BCUT2D eigenvalue weighted by atomic mass is 10.1. The van der Waals surface area contributed by atoms with Crippen LogP contribution in [0.5, 0.6) is 0 Å². The third-order valence-corrected chi connectivity index (χ3v) is 5.61. The van der Waals surface area contributed by atoms with Crippen molar-refractivity contribution < 1.29 is 4.79 Å². The van der Waals surface area contributed by atoms with E-state index in [1.807, 2.05) is 71.3 Å². The first-order valence-electron chi connectivity index (χ1n) is 10.8. The predicted octanol–water partition coefficient (Wildman–Crippen LogP) is 4.19. The van der Waals surface area contributed by atoms with Gasteiger partial charge in [0.25, 0.3) is 0 Å². The zero-order chi connectivity index (χ0) is 21.6. The number of carbonyl (C=O) groups is 1. The number of hydrogen-bond acceptors (Lipinski definition) is 3. The minimum absolute atomic E-state index is 0.00317. The Bertz CT molecular complexity index is 1190. The Morgan fingerprint density at radius 2 is 1.45 bits per heavy atom. The van der Waals surface area contributed by atoms with E-state index in [1.54, 1.807) is 0 Å². The van der Waals surface area contributed by atoms with Gasteiger partial charge in [0.1, 0.15) is 6.54 Å². The van der Waals surface area contributed by atoms with Crippen molar-refractivity contribution in [2.24, 2.45) is 0 Å². The van der Waals surface area contributed by atoms with Gasteiger partial charge in [-0.3, -0.25) is 9.59 Å². The third-order valence-electron chi connectivity index (χ3n) is 5.61. The lowest BCUT2D eigenvalue weighted by Gasteiger charge is -2.23. The molecule has 5 heteroatoms. The lowest BCUT2D eigenvalue weighted by molar-refractivity contribution is -0.121. The Labute approximate surface area is 181 Å². The molecule has 1 N–H and O–H groups in total. The van der Waals surface area contributed by atoms with E-state index in [-0.39, 0.29) is 17.9 Å². The molecule has 0 aliphatic carbocycles. The highest BCUT2D eigenvalue weighted by atomic mass is 16.2. The summed E-state index contributed by atoms with van der Waals surface area (Å²) >= 11 is 0. The smallest absolute Gasteiger partial charge is 0.239 e. The van der Waals surface area contributed by atoms with Gasteiger partial charge < -0.3 is 14.8 Å². The second kappa shape index (κ2) is 9.47. The Hall–Kier alpha value is -3.60. The maximum absolute atomic E-state index is 12.8. The number of nitrogens with zero attached hydrogens (tertiary/aromatic N) is 2. The molecule has 0 saturated carbocycles. The molecule has 0 aliphatic heterocycles. The Kier molecular flexibility index (Phi) is 6.32. The van der Waals surface area contributed by atoms with Gasteiger partial charge in [-0.2, -0.15) is 0 Å². The highest BCUT2D eigenvalue weighted by molar-refractivity contribution is 5.94. The average molecular weight is 414 g/mol. The summed E-state index contributed by atoms with van der Waals surface area (Å²) in [6.45, 7) is 4.73. The second-order valence-electron chi connectivity index (χ2n) is 7.57. The summed E-state index contributed by atoms with van der Waals surface area (Å²) in [4.78, 5) is 27.9. The molecule has 0 bridgehead atoms. The van der Waals surface area contributed by atoms with Crippen molar-refractivity contribution >= 4 is 33.4 Å². The van der Waals surface area contributed by atoms with Crippen LogP contribution in [0.4, 0.5) is 5.69 Å². The molecule has 0 radical (unpaired) electrons. The molecule has 0 saturated heterocycles. The van der Waals surface area contributed by atoms with Gasteiger partial charge in [0, 0.05) is 36.1 Å². The molecule has 1 amide bonds. The van der Waals surface area contributed by atoms with Crippen LogP contribution < -0.4 is 15.6 Å². The highest BCUT2D eigenvalue weighted by Gasteiger charge is 2.12. The summed E-state index contributed by atoms with van der Waals surface area (Å²) in [5, 5.41) is 4.31. The van der Waals surface area contributed by atoms with E-state index in [9.17, 15) is 9.59 Å². The van der Waals surface area contributed by atoms with Crippen molar-refractivity contribution in [1.29, 1.82) is 0 Å². The number of anilines is 1. The second-order valence-corrected chi connectivity index (χ2v) is 7.57. The van der Waals surface area contributed by atoms with Crippen molar-refractivity contribution in [3.63, 3.8) is 0 Å². The number of fused-ring (bicyclic) bond motifs is 2. The highest BCUT2D eigenvalue weighted by Crippen LogP contribution is 2.19. The summed E-state index contributed by atoms with van der Waals surface area (Å²) in [5.74, 6) is -0.0540. The van der Waals surface area contributed by atoms with Crippen LogP contribution in [0.15, 0.2) is 83.7 Å². The van der Waals surface area contributed by atoms with Gasteiger partial charge in [0.15, 0.2) is 5.43 Å². The molecule has 0 unspecified atom stereocenters. The van der Waals surface area contributed by atoms with Crippen molar-refractivity contribution in [1.82, 2.24) is 9.88 Å². The number of rotatable bonds is 8. The number of pyridine rings is 1. The molecular formula is C26H27N3O2. The summed E-state index contributed by atoms with van der Waals surface area (Å²) < 4.78 is 1.93. The fourth-order valence-electron chi connectivity index (χ4n) is 4.05. The van der Waals surface area contributed by atoms with Crippen LogP contribution in [0.1, 0.15) is 13.3 Å². The number of nitrogens with one attached hydrogen (secondary N) is 1. The fourth-order valence-corrected chi connectivity index (χ4v) is 4.05. The molecule has 0 spiro atoms. The zero-order valence-electron chi connectivity index (χ0n) is 17.8. The molecule has 0 atom stereocenters. The Morgan fingerprint density at radius 1 is 0.871 bits per heavy atom. The molecule has 0 fully saturated rings. The van der Waals surface area contributed by atoms with Crippen LogP contribution in [0.2, 0.25) is 0 Å². The van der Waals surface area contributed by atoms with Gasteiger partial charge in [-0.05, 0) is 49.7 Å². The predicted molar refractivity (Wildman–Crippen MR) is 128 cm³/mol. The quantitative estimate of drug-likeness (QED) is 0.348. The molecule has 5 nitrogen and oxygen atoms in total. The van der Waals surface area contributed by atoms with E-state index < -0.39 is 0 Å². The fraction of sp³-hybridized carbons (Fsp3) is 0.231. The van der Waals surface area contributed by atoms with Gasteiger partial charge in [-0.15, -0.1) is 0 Å². The van der Waals surface area contributed by atoms with E-state index >= 15 is 0 Å². The van der Waals surface area contributed by atoms with Gasteiger partial charge in [-0.25, -0.2) is 0 Å². The lowest BCUT2D eigenvalue weighted by Crippen LogP contribution is -2.32. The Morgan fingerprint density at radius 3 is 2.06 bits per heavy atom. The van der Waals surface area contributed by atoms with Crippen LogP contribution in [0.3, 0.4) is 0 Å². The first-order valence-corrected chi connectivity index (χ1v) is 10.8. The van der Waals surface area contributed by atoms with Crippen LogP contribution in [-0.4, -0.2) is 30.1 Å². The number of hydrogen-bond donors (Lipinski definition) is 1. The third kappa shape index (κ3) is 4.45. The topological polar surface area (TPSA) is 54.3 Å². The van der Waals surface area contributed by atoms with Crippen molar-refractivity contribution in [3.8, 4) is 0 Å². The van der Waals surface area contributed by atoms with Crippen molar-refractivity contribution in [2.75, 3.05) is 24.5 Å². The molecular weight excluding hydrogens is 386 g/mol. The maximum atomic E-state index is 12.8. The summed E-state index contributed by atoms with van der Waals surface area (Å²) in [5.41, 5.74) is 2.76. The monoisotopic (exact) mass is 413 g/mol. The van der Waals surface area contributed by atoms with Crippen molar-refractivity contribution in [2.45, 2.75) is 19.9 Å². The van der Waals surface area contributed by atoms with Gasteiger partial charge in [-0.1, -0.05) is 42.5 Å². The van der Waals surface area contributed by atoms with E-state index in [0.717, 1.165) is 30.5 Å². The largest absolute Gasteiger partial charge is 0.372 e. The summed E-state index contributed by atoms with van der Waals surface area (Å²) in [6.07, 6.45) is 0.861. The molecule has 4 rings (SSSR count). The Balaban J connectivity index is 1.45. The molecule has 31 heavy (non-hydrogen) atoms. The summed E-state index contributed by atoms with van der Waals surface area (Å²) in [6, 6.07) is 25.3. The van der Waals surface area contributed by atoms with Gasteiger partial charge in [0.2, 0.25) is 5.91 Å². The van der Waals surface area contributed by atoms with Crippen LogP contribution >= 0.6 is 0 Å². The molecule has 3 aromatic carbocycles. The molecule has 1 aromatic heterocycles. The summed E-state index contributed by atoms with van der Waals surface area (Å²) in [7, 11) is 0. The number of para-hydroxylation sites is 3. The zero-order valence-corrected chi connectivity index (χ0v) is 17.8. The maximum Gasteiger partial charge on any atom is 0.239 e. The van der Waals surface area contributed by atoms with Crippen molar-refractivity contribution in [3.05, 3.63) is 89.1 Å². The standard InChI is InChI=1S/C26H27N3O2/c1-2-28(20-11-4-3-5-12-20)18-10-17-27-25(30)19-29-23-15-8-6-13-21(23)26(31)22-14-7-9-16-24(22)29/h3-9,11-16H,2,10,17-19H2,1H3,(H,27,30). The van der Waals surface area contributed by atoms with Gasteiger partial charge >= 0.3 is 0 Å². The van der Waals surface area contributed by atoms with Gasteiger partial charge in [0.05, 0.1) is 11.0 Å². The molecule has 158 valence electrons. The number of aromatic nitrogens is 1. The van der Waals surface area contributed by atoms with E-state index in [4.69, 9.17) is 0 Å². The number of amides is 1. The molecule has 4 aromatic rings. The minimum Gasteiger partial charge on any atom is -0.372 e. The molecule has 1 heterocycles. The van der Waals surface area contributed by atoms with Crippen LogP contribution in [-0.2, 0) is 11.3 Å². The van der Waals surface area contributed by atoms with E-state index in [1.165, 1.54) is 5.69 Å². The average Bonchev–Trinajstić information content (AvgIpc) is 2.82. The normalized spacial score (nSPS) is 11.0. The first-order chi connectivity index (χ1) is 15.2. The van der Waals surface area contributed by atoms with E-state index in [0.29, 0.717) is 17.3 Å². The molecule has 0 aliphatic rings. The van der Waals surface area contributed by atoms with Crippen LogP contribution in [0.25, 0.3) is 21.8 Å². The number of carbonyl (C=O) groups excluding carboxylic acids is 1. The minimum atomic E-state index is -0.0540. The van der Waals surface area contributed by atoms with E-state index in [2.05, 4.69) is 29.3 Å².